The van der Waals surface area contributed by atoms with Crippen molar-refractivity contribution in [3.63, 3.8) is 0 Å². The van der Waals surface area contributed by atoms with Crippen LogP contribution in [-0.4, -0.2) is 85.3 Å². The highest BCUT2D eigenvalue weighted by Crippen LogP contribution is 2.25. The highest BCUT2D eigenvalue weighted by atomic mass is 16.3. The van der Waals surface area contributed by atoms with Gasteiger partial charge in [0.05, 0.1) is 5.60 Å². The van der Waals surface area contributed by atoms with Crippen LogP contribution in [0.25, 0.3) is 0 Å². The molecule has 0 radical (unpaired) electrons. The molecule has 0 unspecified atom stereocenters. The Balaban J connectivity index is 1.70. The van der Waals surface area contributed by atoms with E-state index in [1.807, 2.05) is 0 Å². The number of nitrogens with zero attached hydrogens (tertiary/aromatic N) is 3. The van der Waals surface area contributed by atoms with E-state index in [0.29, 0.717) is 0 Å². The Morgan fingerprint density at radius 2 is 1.41 bits per heavy atom. The molecule has 17 heavy (non-hydrogen) atoms. The van der Waals surface area contributed by atoms with Crippen molar-refractivity contribution in [3.8, 4) is 0 Å². The van der Waals surface area contributed by atoms with Crippen LogP contribution in [0.15, 0.2) is 0 Å². The summed E-state index contributed by atoms with van der Waals surface area (Å²) in [4.78, 5) is 7.18. The first-order chi connectivity index (χ1) is 8.07. The summed E-state index contributed by atoms with van der Waals surface area (Å²) in [7, 11) is 4.32. The van der Waals surface area contributed by atoms with Crippen LogP contribution in [-0.2, 0) is 0 Å². The zero-order valence-corrected chi connectivity index (χ0v) is 11.4. The van der Waals surface area contributed by atoms with Crippen molar-refractivity contribution in [2.75, 3.05) is 59.9 Å². The summed E-state index contributed by atoms with van der Waals surface area (Å²) in [5, 5.41) is 10.5. The summed E-state index contributed by atoms with van der Waals surface area (Å²) in [6.07, 6.45) is 2.83. The number of piperidine rings is 1. The highest BCUT2D eigenvalue weighted by molar-refractivity contribution is 4.86. The first-order valence-electron chi connectivity index (χ1n) is 6.89. The Hall–Kier alpha value is -0.160. The zero-order valence-electron chi connectivity index (χ0n) is 11.4. The Kier molecular flexibility index (Phi) is 4.42. The third-order valence-corrected chi connectivity index (χ3v) is 4.41. The summed E-state index contributed by atoms with van der Waals surface area (Å²) < 4.78 is 0. The molecule has 0 aromatic carbocycles. The maximum Gasteiger partial charge on any atom is 0.0684 e. The van der Waals surface area contributed by atoms with Crippen molar-refractivity contribution in [1.82, 2.24) is 14.7 Å². The van der Waals surface area contributed by atoms with Gasteiger partial charge in [-0.15, -0.1) is 0 Å². The predicted molar refractivity (Wildman–Crippen MR) is 70.2 cm³/mol. The number of likely N-dealkylation sites (tertiary alicyclic amines) is 1. The molecule has 0 amide bonds. The fraction of sp³-hybridized carbons (Fsp3) is 1.00. The second-order valence-electron chi connectivity index (χ2n) is 5.92. The van der Waals surface area contributed by atoms with Crippen LogP contribution in [0.3, 0.4) is 0 Å². The molecule has 2 aliphatic heterocycles. The largest absolute Gasteiger partial charge is 0.390 e. The number of hydrogen-bond donors (Lipinski definition) is 1. The van der Waals surface area contributed by atoms with E-state index in [1.165, 1.54) is 13.1 Å². The standard InChI is InChI=1S/C13H27N3O/c1-14-6-3-13(17,4-7-14)5-8-16-11-9-15(2)10-12-16/h17H,3-12H2,1-2H3. The van der Waals surface area contributed by atoms with Crippen LogP contribution in [0.2, 0.25) is 0 Å². The van der Waals surface area contributed by atoms with Gasteiger partial charge >= 0.3 is 0 Å². The van der Waals surface area contributed by atoms with E-state index in [1.54, 1.807) is 0 Å². The van der Waals surface area contributed by atoms with Gasteiger partial charge in [-0.2, -0.15) is 0 Å². The van der Waals surface area contributed by atoms with Crippen molar-refractivity contribution >= 4 is 0 Å². The lowest BCUT2D eigenvalue weighted by Crippen LogP contribution is -2.48. The zero-order chi connectivity index (χ0) is 12.3. The number of likely N-dealkylation sites (N-methyl/N-ethyl adjacent to an activating group) is 1. The summed E-state index contributed by atoms with van der Waals surface area (Å²) in [6.45, 7) is 7.80. The molecule has 1 N–H and O–H groups in total. The maximum atomic E-state index is 10.5. The van der Waals surface area contributed by atoms with Gasteiger partial charge in [0.1, 0.15) is 0 Å². The summed E-state index contributed by atoms with van der Waals surface area (Å²) in [5.41, 5.74) is -0.393. The van der Waals surface area contributed by atoms with Gasteiger partial charge in [0.15, 0.2) is 0 Å². The van der Waals surface area contributed by atoms with Crippen LogP contribution in [0.1, 0.15) is 19.3 Å². The molecule has 100 valence electrons. The molecule has 4 heteroatoms. The molecule has 0 saturated carbocycles. The fourth-order valence-corrected chi connectivity index (χ4v) is 2.72. The average Bonchev–Trinajstić information content (AvgIpc) is 2.33. The second kappa shape index (κ2) is 5.65. The van der Waals surface area contributed by atoms with Gasteiger partial charge in [-0.05, 0) is 33.4 Å². The van der Waals surface area contributed by atoms with E-state index in [0.717, 1.165) is 52.0 Å². The molecular formula is C13H27N3O. The fourth-order valence-electron chi connectivity index (χ4n) is 2.72. The number of rotatable bonds is 3. The predicted octanol–water partition coefficient (Wildman–Crippen LogP) is 0.0806. The molecular weight excluding hydrogens is 214 g/mol. The molecule has 0 spiro atoms. The molecule has 4 nitrogen and oxygen atoms in total. The Morgan fingerprint density at radius 1 is 0.882 bits per heavy atom. The Bertz CT molecular complexity index is 231. The third kappa shape index (κ3) is 3.91. The molecule has 0 atom stereocenters. The maximum absolute atomic E-state index is 10.5. The first kappa shape index (κ1) is 13.3. The molecule has 2 saturated heterocycles. The lowest BCUT2D eigenvalue weighted by atomic mass is 9.88. The van der Waals surface area contributed by atoms with Crippen LogP contribution >= 0.6 is 0 Å². The smallest absolute Gasteiger partial charge is 0.0684 e. The third-order valence-electron chi connectivity index (χ3n) is 4.41. The van der Waals surface area contributed by atoms with E-state index in [-0.39, 0.29) is 0 Å². The minimum atomic E-state index is -0.393. The van der Waals surface area contributed by atoms with Crippen molar-refractivity contribution < 1.29 is 5.11 Å². The Labute approximate surface area is 105 Å². The SMILES string of the molecule is CN1CCN(CCC2(O)CCN(C)CC2)CC1. The summed E-state index contributed by atoms with van der Waals surface area (Å²) >= 11 is 0. The van der Waals surface area contributed by atoms with E-state index in [2.05, 4.69) is 28.8 Å². The molecule has 0 bridgehead atoms. The van der Waals surface area contributed by atoms with Crippen molar-refractivity contribution in [2.24, 2.45) is 0 Å². The van der Waals surface area contributed by atoms with E-state index in [4.69, 9.17) is 0 Å². The van der Waals surface area contributed by atoms with Gasteiger partial charge in [0, 0.05) is 45.8 Å². The van der Waals surface area contributed by atoms with Gasteiger partial charge in [-0.1, -0.05) is 0 Å². The lowest BCUT2D eigenvalue weighted by molar-refractivity contribution is -0.0306. The van der Waals surface area contributed by atoms with Crippen LogP contribution in [0.5, 0.6) is 0 Å². The molecule has 0 aromatic rings. The molecule has 0 aliphatic carbocycles. The molecule has 2 rings (SSSR count). The minimum absolute atomic E-state index is 0.393. The minimum Gasteiger partial charge on any atom is -0.390 e. The lowest BCUT2D eigenvalue weighted by Gasteiger charge is -2.39. The first-order valence-corrected chi connectivity index (χ1v) is 6.89. The number of piperazine rings is 1. The van der Waals surface area contributed by atoms with Gasteiger partial charge in [0.25, 0.3) is 0 Å². The van der Waals surface area contributed by atoms with Crippen molar-refractivity contribution in [2.45, 2.75) is 24.9 Å². The summed E-state index contributed by atoms with van der Waals surface area (Å²) in [5.74, 6) is 0. The molecule has 2 aliphatic rings. The van der Waals surface area contributed by atoms with E-state index in [9.17, 15) is 5.11 Å². The van der Waals surface area contributed by atoms with Gasteiger partial charge in [-0.25, -0.2) is 0 Å². The van der Waals surface area contributed by atoms with Crippen LogP contribution in [0, 0.1) is 0 Å². The van der Waals surface area contributed by atoms with Crippen LogP contribution < -0.4 is 0 Å². The van der Waals surface area contributed by atoms with Gasteiger partial charge in [-0.3, -0.25) is 0 Å². The average molecular weight is 241 g/mol. The summed E-state index contributed by atoms with van der Waals surface area (Å²) in [6, 6.07) is 0. The van der Waals surface area contributed by atoms with Crippen molar-refractivity contribution in [3.05, 3.63) is 0 Å². The molecule has 0 aromatic heterocycles. The second-order valence-corrected chi connectivity index (χ2v) is 5.92. The van der Waals surface area contributed by atoms with E-state index >= 15 is 0 Å². The topological polar surface area (TPSA) is 30.0 Å². The highest BCUT2D eigenvalue weighted by Gasteiger charge is 2.31. The molecule has 2 heterocycles. The van der Waals surface area contributed by atoms with Crippen LogP contribution in [0.4, 0.5) is 0 Å². The van der Waals surface area contributed by atoms with Crippen molar-refractivity contribution in [1.29, 1.82) is 0 Å². The number of aliphatic hydroxyl groups is 1. The molecule has 2 fully saturated rings. The van der Waals surface area contributed by atoms with Gasteiger partial charge in [0.2, 0.25) is 0 Å². The van der Waals surface area contributed by atoms with E-state index < -0.39 is 5.60 Å². The van der Waals surface area contributed by atoms with Gasteiger partial charge < -0.3 is 19.8 Å². The number of hydrogen-bond acceptors (Lipinski definition) is 4. The monoisotopic (exact) mass is 241 g/mol. The normalized spacial score (nSPS) is 28.4. The quantitative estimate of drug-likeness (QED) is 0.758. The Morgan fingerprint density at radius 3 is 2.00 bits per heavy atom.